The number of rotatable bonds is 3. The summed E-state index contributed by atoms with van der Waals surface area (Å²) in [4.78, 5) is 24.8. The van der Waals surface area contributed by atoms with Crippen molar-refractivity contribution < 1.29 is 34.0 Å². The molecule has 0 amide bonds. The average molecular weight is 380 g/mol. The van der Waals surface area contributed by atoms with Crippen LogP contribution in [-0.4, -0.2) is 51.9 Å². The summed E-state index contributed by atoms with van der Waals surface area (Å²) in [6.07, 6.45) is -1.01. The number of ether oxygens (including phenoxy) is 3. The van der Waals surface area contributed by atoms with Crippen molar-refractivity contribution in [3.63, 3.8) is 0 Å². The Morgan fingerprint density at radius 2 is 2.07 bits per heavy atom. The van der Waals surface area contributed by atoms with Crippen LogP contribution in [0.15, 0.2) is 11.1 Å². The van der Waals surface area contributed by atoms with Gasteiger partial charge in [0, 0.05) is 30.3 Å². The molecule has 27 heavy (non-hydrogen) atoms. The lowest BCUT2D eigenvalue weighted by atomic mass is 9.51. The molecule has 7 heteroatoms. The van der Waals surface area contributed by atoms with E-state index in [4.69, 9.17) is 14.2 Å². The van der Waals surface area contributed by atoms with E-state index in [1.165, 1.54) is 0 Å². The third-order valence-electron chi connectivity index (χ3n) is 7.23. The molecule has 2 saturated carbocycles. The highest BCUT2D eigenvalue weighted by Gasteiger charge is 2.81. The van der Waals surface area contributed by atoms with Crippen molar-refractivity contribution in [3.05, 3.63) is 11.1 Å². The molecule has 0 unspecified atom stereocenters. The summed E-state index contributed by atoms with van der Waals surface area (Å²) in [5.41, 5.74) is -1.01. The number of aliphatic hydroxyl groups is 2. The standard InChI is InChI=1S/C20H28O7/c1-9(2)6-14(22)25-16-15-10(3)17(23)27-20(15,24)8-19-13(26-19)7-12(21)11(4)18(16,19)5/h9,11-13,16,21,24H,6-8H2,1-5H3/t11-,12-,13+,16+,18-,19+,20+/m0/s1. The maximum atomic E-state index is 12.6. The Balaban J connectivity index is 1.83. The summed E-state index contributed by atoms with van der Waals surface area (Å²) >= 11 is 0. The Labute approximate surface area is 158 Å². The molecule has 2 aliphatic heterocycles. The smallest absolute Gasteiger partial charge is 0.336 e. The van der Waals surface area contributed by atoms with Gasteiger partial charge in [-0.2, -0.15) is 0 Å². The van der Waals surface area contributed by atoms with Crippen LogP contribution in [-0.2, 0) is 23.8 Å². The zero-order valence-corrected chi connectivity index (χ0v) is 16.4. The van der Waals surface area contributed by atoms with Crippen LogP contribution < -0.4 is 0 Å². The quantitative estimate of drug-likeness (QED) is 0.564. The minimum absolute atomic E-state index is 0.0921. The second-order valence-corrected chi connectivity index (χ2v) is 9.23. The van der Waals surface area contributed by atoms with Crippen molar-refractivity contribution in [1.29, 1.82) is 0 Å². The van der Waals surface area contributed by atoms with Crippen LogP contribution in [0.4, 0.5) is 0 Å². The van der Waals surface area contributed by atoms with E-state index in [9.17, 15) is 19.8 Å². The van der Waals surface area contributed by atoms with Gasteiger partial charge in [0.05, 0.1) is 17.8 Å². The fourth-order valence-electron chi connectivity index (χ4n) is 5.52. The summed E-state index contributed by atoms with van der Waals surface area (Å²) in [7, 11) is 0. The van der Waals surface area contributed by atoms with Gasteiger partial charge in [-0.15, -0.1) is 0 Å². The number of carbonyl (C=O) groups is 2. The van der Waals surface area contributed by atoms with Crippen molar-refractivity contribution >= 4 is 11.9 Å². The lowest BCUT2D eigenvalue weighted by Gasteiger charge is -2.55. The Morgan fingerprint density at radius 3 is 2.70 bits per heavy atom. The topological polar surface area (TPSA) is 106 Å². The summed E-state index contributed by atoms with van der Waals surface area (Å²) < 4.78 is 17.2. The number of carbonyl (C=O) groups excluding carboxylic acids is 2. The lowest BCUT2D eigenvalue weighted by Crippen LogP contribution is -2.66. The van der Waals surface area contributed by atoms with Crippen LogP contribution in [0.2, 0.25) is 0 Å². The maximum absolute atomic E-state index is 12.6. The van der Waals surface area contributed by atoms with E-state index in [-0.39, 0.29) is 36.4 Å². The minimum atomic E-state index is -1.83. The SMILES string of the molecule is CC1=C2[C@@H](OC(=O)CC(C)C)[C@]3(C)[C@@H](C)[C@@H](O)C[C@H]4O[C@]43C[C@@]2(O)OC1=O. The van der Waals surface area contributed by atoms with Gasteiger partial charge in [-0.25, -0.2) is 4.79 Å². The molecule has 4 rings (SSSR count). The predicted octanol–water partition coefficient (Wildman–Crippen LogP) is 1.45. The first-order chi connectivity index (χ1) is 12.5. The predicted molar refractivity (Wildman–Crippen MR) is 93.2 cm³/mol. The molecule has 3 fully saturated rings. The largest absolute Gasteiger partial charge is 0.457 e. The summed E-state index contributed by atoms with van der Waals surface area (Å²) in [6.45, 7) is 9.25. The molecule has 0 bridgehead atoms. The van der Waals surface area contributed by atoms with E-state index in [0.717, 1.165) is 0 Å². The second kappa shape index (κ2) is 5.55. The zero-order chi connectivity index (χ0) is 19.9. The first kappa shape index (κ1) is 18.9. The Kier molecular flexibility index (Phi) is 3.89. The Bertz CT molecular complexity index is 743. The highest BCUT2D eigenvalue weighted by molar-refractivity contribution is 5.93. The zero-order valence-electron chi connectivity index (χ0n) is 16.4. The van der Waals surface area contributed by atoms with E-state index >= 15 is 0 Å². The number of hydrogen-bond donors (Lipinski definition) is 2. The molecule has 2 N–H and O–H groups in total. The third-order valence-corrected chi connectivity index (χ3v) is 7.23. The average Bonchev–Trinajstić information content (AvgIpc) is 3.17. The molecule has 7 atom stereocenters. The third kappa shape index (κ3) is 2.31. The van der Waals surface area contributed by atoms with Crippen LogP contribution in [0.1, 0.15) is 53.9 Å². The first-order valence-corrected chi connectivity index (χ1v) is 9.68. The molecular formula is C20H28O7. The van der Waals surface area contributed by atoms with E-state index in [0.29, 0.717) is 12.0 Å². The van der Waals surface area contributed by atoms with Gasteiger partial charge in [-0.05, 0) is 18.8 Å². The number of epoxide rings is 1. The fraction of sp³-hybridized carbons (Fsp3) is 0.800. The van der Waals surface area contributed by atoms with Crippen molar-refractivity contribution in [2.24, 2.45) is 17.3 Å². The lowest BCUT2D eigenvalue weighted by molar-refractivity contribution is -0.231. The normalized spacial score (nSPS) is 47.9. The van der Waals surface area contributed by atoms with Crippen LogP contribution in [0.3, 0.4) is 0 Å². The van der Waals surface area contributed by atoms with Crippen molar-refractivity contribution in [2.45, 2.75) is 83.6 Å². The number of hydrogen-bond acceptors (Lipinski definition) is 7. The monoisotopic (exact) mass is 380 g/mol. The summed E-state index contributed by atoms with van der Waals surface area (Å²) in [5.74, 6) is -2.99. The van der Waals surface area contributed by atoms with Crippen molar-refractivity contribution in [2.75, 3.05) is 0 Å². The molecular weight excluding hydrogens is 352 g/mol. The van der Waals surface area contributed by atoms with Gasteiger partial charge < -0.3 is 24.4 Å². The molecule has 0 radical (unpaired) electrons. The molecule has 2 heterocycles. The molecule has 0 aromatic carbocycles. The van der Waals surface area contributed by atoms with Gasteiger partial charge in [-0.3, -0.25) is 4.79 Å². The molecule has 0 aromatic rings. The summed E-state index contributed by atoms with van der Waals surface area (Å²) in [6, 6.07) is 0. The molecule has 150 valence electrons. The number of esters is 2. The summed E-state index contributed by atoms with van der Waals surface area (Å²) in [5, 5.41) is 21.8. The molecule has 4 aliphatic rings. The van der Waals surface area contributed by atoms with Gasteiger partial charge in [0.25, 0.3) is 0 Å². The first-order valence-electron chi connectivity index (χ1n) is 9.68. The molecule has 1 saturated heterocycles. The molecule has 2 aliphatic carbocycles. The van der Waals surface area contributed by atoms with E-state index in [1.807, 2.05) is 27.7 Å². The van der Waals surface area contributed by atoms with Gasteiger partial charge in [-0.1, -0.05) is 27.7 Å². The van der Waals surface area contributed by atoms with E-state index in [1.54, 1.807) is 6.92 Å². The highest BCUT2D eigenvalue weighted by atomic mass is 16.7. The van der Waals surface area contributed by atoms with Crippen LogP contribution in [0.5, 0.6) is 0 Å². The van der Waals surface area contributed by atoms with E-state index < -0.39 is 40.9 Å². The van der Waals surface area contributed by atoms with Gasteiger partial charge in [0.1, 0.15) is 11.7 Å². The Morgan fingerprint density at radius 1 is 1.41 bits per heavy atom. The number of fused-ring (bicyclic) bond motifs is 1. The maximum Gasteiger partial charge on any atom is 0.336 e. The van der Waals surface area contributed by atoms with Crippen LogP contribution >= 0.6 is 0 Å². The van der Waals surface area contributed by atoms with Gasteiger partial charge >= 0.3 is 11.9 Å². The van der Waals surface area contributed by atoms with E-state index in [2.05, 4.69) is 0 Å². The van der Waals surface area contributed by atoms with Crippen molar-refractivity contribution in [1.82, 2.24) is 0 Å². The second-order valence-electron chi connectivity index (χ2n) is 9.23. The van der Waals surface area contributed by atoms with Crippen LogP contribution in [0.25, 0.3) is 0 Å². The van der Waals surface area contributed by atoms with Crippen molar-refractivity contribution in [3.8, 4) is 0 Å². The molecule has 7 nitrogen and oxygen atoms in total. The Hall–Kier alpha value is -1.44. The van der Waals surface area contributed by atoms with Crippen LogP contribution in [0, 0.1) is 17.3 Å². The van der Waals surface area contributed by atoms with Gasteiger partial charge in [0.2, 0.25) is 5.79 Å². The van der Waals surface area contributed by atoms with Gasteiger partial charge in [0.15, 0.2) is 0 Å². The molecule has 1 spiro atoms. The minimum Gasteiger partial charge on any atom is -0.457 e. The number of aliphatic hydroxyl groups excluding tert-OH is 1. The fourth-order valence-corrected chi connectivity index (χ4v) is 5.52. The molecule has 0 aromatic heterocycles. The highest BCUT2D eigenvalue weighted by Crippen LogP contribution is 2.70.